The van der Waals surface area contributed by atoms with E-state index in [1.165, 1.54) is 25.7 Å². The molecule has 1 fully saturated rings. The van der Waals surface area contributed by atoms with Crippen molar-refractivity contribution in [1.29, 1.82) is 0 Å². The molecule has 0 aromatic rings. The summed E-state index contributed by atoms with van der Waals surface area (Å²) in [5, 5.41) is 3.61. The quantitative estimate of drug-likeness (QED) is 0.470. The van der Waals surface area contributed by atoms with Crippen molar-refractivity contribution in [1.82, 2.24) is 5.32 Å². The van der Waals surface area contributed by atoms with Crippen LogP contribution >= 0.6 is 0 Å². The highest BCUT2D eigenvalue weighted by Gasteiger charge is 2.43. The minimum atomic E-state index is 0.622. The maximum Gasteiger partial charge on any atom is 0.0121 e. The zero-order valence-corrected chi connectivity index (χ0v) is 9.10. The highest BCUT2D eigenvalue weighted by atomic mass is 14.9. The molecule has 1 rings (SSSR count). The van der Waals surface area contributed by atoms with Crippen LogP contribution < -0.4 is 5.32 Å². The lowest BCUT2D eigenvalue weighted by atomic mass is 9.94. The molecule has 1 N–H and O–H groups in total. The Morgan fingerprint density at radius 3 is 2.69 bits per heavy atom. The van der Waals surface area contributed by atoms with E-state index in [0.29, 0.717) is 5.41 Å². The second-order valence-corrected chi connectivity index (χ2v) is 4.48. The molecule has 0 heterocycles. The van der Waals surface area contributed by atoms with Crippen molar-refractivity contribution in [2.45, 2.75) is 52.0 Å². The minimum Gasteiger partial charge on any atom is -0.314 e. The lowest BCUT2D eigenvalue weighted by Gasteiger charge is -2.24. The molecule has 0 amide bonds. The molecule has 1 aliphatic rings. The first-order valence-corrected chi connectivity index (χ1v) is 5.57. The van der Waals surface area contributed by atoms with Crippen molar-refractivity contribution in [3.05, 3.63) is 12.7 Å². The molecule has 0 aromatic carbocycles. The fourth-order valence-corrected chi connectivity index (χ4v) is 1.96. The van der Waals surface area contributed by atoms with Crippen LogP contribution in [-0.2, 0) is 0 Å². The summed E-state index contributed by atoms with van der Waals surface area (Å²) in [5.41, 5.74) is 0.622. The first-order chi connectivity index (χ1) is 6.23. The molecular formula is C12H23N. The van der Waals surface area contributed by atoms with Gasteiger partial charge in [-0.2, -0.15) is 0 Å². The summed E-state index contributed by atoms with van der Waals surface area (Å²) in [4.78, 5) is 0. The predicted octanol–water partition coefficient (Wildman–Crippen LogP) is 3.12. The highest BCUT2D eigenvalue weighted by Crippen LogP contribution is 2.49. The van der Waals surface area contributed by atoms with Gasteiger partial charge < -0.3 is 5.32 Å². The molecule has 0 spiro atoms. The average molecular weight is 181 g/mol. The molecule has 0 radical (unpaired) electrons. The van der Waals surface area contributed by atoms with E-state index in [4.69, 9.17) is 0 Å². The number of hydrogen-bond donors (Lipinski definition) is 1. The molecule has 1 atom stereocenters. The van der Waals surface area contributed by atoms with Gasteiger partial charge in [0.1, 0.15) is 0 Å². The summed E-state index contributed by atoms with van der Waals surface area (Å²) in [6.07, 6.45) is 8.63. The van der Waals surface area contributed by atoms with Gasteiger partial charge >= 0.3 is 0 Å². The van der Waals surface area contributed by atoms with Crippen LogP contribution in [0, 0.1) is 5.41 Å². The molecule has 0 aliphatic heterocycles. The minimum absolute atomic E-state index is 0.622. The average Bonchev–Trinajstić information content (AvgIpc) is 2.84. The highest BCUT2D eigenvalue weighted by molar-refractivity contribution is 4.98. The monoisotopic (exact) mass is 181 g/mol. The Bertz CT molecular complexity index is 159. The van der Waals surface area contributed by atoms with E-state index < -0.39 is 0 Å². The lowest BCUT2D eigenvalue weighted by molar-refractivity contribution is 0.337. The summed E-state index contributed by atoms with van der Waals surface area (Å²) in [6, 6.07) is 0.748. The van der Waals surface area contributed by atoms with Gasteiger partial charge in [0, 0.05) is 6.04 Å². The van der Waals surface area contributed by atoms with E-state index in [1.54, 1.807) is 0 Å². The summed E-state index contributed by atoms with van der Waals surface area (Å²) in [6.45, 7) is 9.48. The Morgan fingerprint density at radius 1 is 1.54 bits per heavy atom. The lowest BCUT2D eigenvalue weighted by Crippen LogP contribution is -2.35. The molecule has 0 aromatic heterocycles. The van der Waals surface area contributed by atoms with Gasteiger partial charge in [0.2, 0.25) is 0 Å². The molecule has 1 unspecified atom stereocenters. The number of rotatable bonds is 7. The van der Waals surface area contributed by atoms with Gasteiger partial charge in [-0.3, -0.25) is 0 Å². The third-order valence-corrected chi connectivity index (χ3v) is 3.23. The Balaban J connectivity index is 2.25. The smallest absolute Gasteiger partial charge is 0.0121 e. The Hall–Kier alpha value is -0.300. The number of nitrogens with one attached hydrogen (secondary N) is 1. The molecule has 76 valence electrons. The van der Waals surface area contributed by atoms with Crippen LogP contribution in [0.2, 0.25) is 0 Å². The van der Waals surface area contributed by atoms with E-state index in [0.717, 1.165) is 19.0 Å². The van der Waals surface area contributed by atoms with Gasteiger partial charge in [0.15, 0.2) is 0 Å². The van der Waals surface area contributed by atoms with Gasteiger partial charge in [0.25, 0.3) is 0 Å². The van der Waals surface area contributed by atoms with Crippen LogP contribution in [0.5, 0.6) is 0 Å². The van der Waals surface area contributed by atoms with Gasteiger partial charge in [-0.05, 0) is 44.1 Å². The maximum absolute atomic E-state index is 3.76. The Morgan fingerprint density at radius 2 is 2.23 bits per heavy atom. The normalized spacial score (nSPS) is 21.1. The van der Waals surface area contributed by atoms with Crippen molar-refractivity contribution in [2.24, 2.45) is 5.41 Å². The number of hydrogen-bond acceptors (Lipinski definition) is 1. The maximum atomic E-state index is 3.76. The number of unbranched alkanes of at least 4 members (excludes halogenated alkanes) is 1. The zero-order chi connectivity index (χ0) is 9.73. The van der Waals surface area contributed by atoms with Crippen LogP contribution in [0.1, 0.15) is 46.0 Å². The largest absolute Gasteiger partial charge is 0.314 e. The summed E-state index contributed by atoms with van der Waals surface area (Å²) >= 11 is 0. The Labute approximate surface area is 82.6 Å². The molecule has 0 saturated heterocycles. The summed E-state index contributed by atoms with van der Waals surface area (Å²) in [7, 11) is 0. The van der Waals surface area contributed by atoms with E-state index in [2.05, 4.69) is 25.7 Å². The van der Waals surface area contributed by atoms with E-state index in [-0.39, 0.29) is 0 Å². The standard InChI is InChI=1S/C12H23N/c1-4-6-7-8-11(13-5-2)12(3)9-10-12/h4,11,13H,1,5-10H2,2-3H3. The fraction of sp³-hybridized carbons (Fsp3) is 0.833. The van der Waals surface area contributed by atoms with E-state index in [1.807, 2.05) is 6.08 Å². The summed E-state index contributed by atoms with van der Waals surface area (Å²) in [5.74, 6) is 0. The van der Waals surface area contributed by atoms with Crippen molar-refractivity contribution in [3.8, 4) is 0 Å². The second kappa shape index (κ2) is 4.80. The first kappa shape index (κ1) is 10.8. The molecule has 0 bridgehead atoms. The van der Waals surface area contributed by atoms with Gasteiger partial charge in [-0.15, -0.1) is 6.58 Å². The topological polar surface area (TPSA) is 12.0 Å². The van der Waals surface area contributed by atoms with Crippen molar-refractivity contribution in [2.75, 3.05) is 6.54 Å². The van der Waals surface area contributed by atoms with E-state index in [9.17, 15) is 0 Å². The van der Waals surface area contributed by atoms with Crippen molar-refractivity contribution >= 4 is 0 Å². The third kappa shape index (κ3) is 3.15. The molecule has 1 saturated carbocycles. The van der Waals surface area contributed by atoms with Crippen LogP contribution in [-0.4, -0.2) is 12.6 Å². The number of allylic oxidation sites excluding steroid dienone is 1. The molecule has 1 aliphatic carbocycles. The van der Waals surface area contributed by atoms with Crippen LogP contribution in [0.15, 0.2) is 12.7 Å². The van der Waals surface area contributed by atoms with Gasteiger partial charge in [-0.1, -0.05) is 19.9 Å². The van der Waals surface area contributed by atoms with Crippen LogP contribution in [0.25, 0.3) is 0 Å². The third-order valence-electron chi connectivity index (χ3n) is 3.23. The predicted molar refractivity (Wildman–Crippen MR) is 58.9 cm³/mol. The molecule has 1 nitrogen and oxygen atoms in total. The van der Waals surface area contributed by atoms with Crippen molar-refractivity contribution in [3.63, 3.8) is 0 Å². The van der Waals surface area contributed by atoms with Crippen LogP contribution in [0.3, 0.4) is 0 Å². The van der Waals surface area contributed by atoms with Crippen molar-refractivity contribution < 1.29 is 0 Å². The van der Waals surface area contributed by atoms with Gasteiger partial charge in [-0.25, -0.2) is 0 Å². The SMILES string of the molecule is C=CCCCC(NCC)C1(C)CC1. The van der Waals surface area contributed by atoms with Crippen LogP contribution in [0.4, 0.5) is 0 Å². The van der Waals surface area contributed by atoms with Gasteiger partial charge in [0.05, 0.1) is 0 Å². The second-order valence-electron chi connectivity index (χ2n) is 4.48. The molecular weight excluding hydrogens is 158 g/mol. The first-order valence-electron chi connectivity index (χ1n) is 5.57. The summed E-state index contributed by atoms with van der Waals surface area (Å²) < 4.78 is 0. The molecule has 13 heavy (non-hydrogen) atoms. The fourth-order valence-electron chi connectivity index (χ4n) is 1.96. The Kier molecular flexibility index (Phi) is 3.98. The molecule has 1 heteroatoms. The zero-order valence-electron chi connectivity index (χ0n) is 9.10. The van der Waals surface area contributed by atoms with E-state index >= 15 is 0 Å².